The number of hydrogen-bond donors (Lipinski definition) is 1. The number of nitrogens with two attached hydrogens (primary N) is 1. The fourth-order valence-corrected chi connectivity index (χ4v) is 5.93. The summed E-state index contributed by atoms with van der Waals surface area (Å²) >= 11 is 0. The number of para-hydroxylation sites is 1. The average molecular weight is 495 g/mol. The third kappa shape index (κ3) is 5.08. The van der Waals surface area contributed by atoms with E-state index in [0.717, 1.165) is 23.5 Å². The standard InChI is InChI=1S/C25H23N.C11H11N/c26-25-8-4-7-20-21-12-11-19-10-9-18(15-17-5-2-1-3-6-17)16-24(19)22(21)13-14-23(20)25;1-3-7-11(8-4-1)12-9-5-2-6-10-12/h1-8,11-14,18H,9-10,15-16,26H2;1-9H,10H2. The minimum atomic E-state index is 0.729. The van der Waals surface area contributed by atoms with E-state index >= 15 is 0 Å². The van der Waals surface area contributed by atoms with Gasteiger partial charge in [-0.05, 0) is 88.7 Å². The Kier molecular flexibility index (Phi) is 6.95. The van der Waals surface area contributed by atoms with E-state index in [2.05, 4.69) is 120 Å². The Morgan fingerprint density at radius 2 is 1.42 bits per heavy atom. The van der Waals surface area contributed by atoms with Crippen LogP contribution in [0, 0.1) is 5.92 Å². The normalized spacial score (nSPS) is 16.2. The summed E-state index contributed by atoms with van der Waals surface area (Å²) in [5, 5.41) is 5.19. The summed E-state index contributed by atoms with van der Waals surface area (Å²) in [5.41, 5.74) is 12.9. The first-order valence-corrected chi connectivity index (χ1v) is 13.7. The molecule has 0 saturated heterocycles. The highest BCUT2D eigenvalue weighted by Gasteiger charge is 2.21. The second kappa shape index (κ2) is 11.0. The van der Waals surface area contributed by atoms with Crippen LogP contribution in [0.5, 0.6) is 0 Å². The molecule has 0 radical (unpaired) electrons. The maximum absolute atomic E-state index is 6.19. The van der Waals surface area contributed by atoms with E-state index < -0.39 is 0 Å². The number of rotatable bonds is 3. The van der Waals surface area contributed by atoms with Gasteiger partial charge in [-0.15, -0.1) is 0 Å². The van der Waals surface area contributed by atoms with Crippen LogP contribution in [0.3, 0.4) is 0 Å². The van der Waals surface area contributed by atoms with Gasteiger partial charge in [0.05, 0.1) is 0 Å². The Morgan fingerprint density at radius 1 is 0.684 bits per heavy atom. The number of nitrogen functional groups attached to an aromatic ring is 1. The molecule has 188 valence electrons. The quantitative estimate of drug-likeness (QED) is 0.201. The van der Waals surface area contributed by atoms with Crippen molar-refractivity contribution in [3.05, 3.63) is 144 Å². The molecule has 2 heteroatoms. The van der Waals surface area contributed by atoms with Gasteiger partial charge in [0.15, 0.2) is 0 Å². The predicted molar refractivity (Wildman–Crippen MR) is 164 cm³/mol. The fourth-order valence-electron chi connectivity index (χ4n) is 5.93. The van der Waals surface area contributed by atoms with Crippen LogP contribution in [0.25, 0.3) is 21.5 Å². The summed E-state index contributed by atoms with van der Waals surface area (Å²) in [6.45, 7) is 0.973. The van der Waals surface area contributed by atoms with Crippen LogP contribution in [-0.2, 0) is 19.3 Å². The van der Waals surface area contributed by atoms with Crippen molar-refractivity contribution in [2.45, 2.75) is 25.7 Å². The number of fused-ring (bicyclic) bond motifs is 5. The molecule has 7 rings (SSSR count). The Morgan fingerprint density at radius 3 is 2.21 bits per heavy atom. The van der Waals surface area contributed by atoms with Crippen molar-refractivity contribution < 1.29 is 0 Å². The first kappa shape index (κ1) is 24.1. The van der Waals surface area contributed by atoms with E-state index in [4.69, 9.17) is 5.73 Å². The van der Waals surface area contributed by atoms with E-state index in [1.807, 2.05) is 12.1 Å². The average Bonchev–Trinajstić information content (AvgIpc) is 2.99. The molecular formula is C36H34N2. The van der Waals surface area contributed by atoms with Gasteiger partial charge in [0.25, 0.3) is 0 Å². The number of allylic oxidation sites excluding steroid dienone is 2. The second-order valence-corrected chi connectivity index (χ2v) is 10.4. The van der Waals surface area contributed by atoms with Gasteiger partial charge in [-0.3, -0.25) is 0 Å². The van der Waals surface area contributed by atoms with E-state index in [1.54, 1.807) is 5.56 Å². The number of benzene rings is 5. The number of aryl methyl sites for hydroxylation is 1. The predicted octanol–water partition coefficient (Wildman–Crippen LogP) is 8.50. The van der Waals surface area contributed by atoms with Crippen molar-refractivity contribution in [2.75, 3.05) is 17.2 Å². The summed E-state index contributed by atoms with van der Waals surface area (Å²) in [7, 11) is 0. The number of nitrogens with zero attached hydrogens (tertiary/aromatic N) is 1. The lowest BCUT2D eigenvalue weighted by atomic mass is 9.78. The molecule has 0 amide bonds. The van der Waals surface area contributed by atoms with E-state index in [-0.39, 0.29) is 0 Å². The van der Waals surface area contributed by atoms with Crippen LogP contribution in [0.15, 0.2) is 128 Å². The molecule has 1 heterocycles. The molecule has 1 atom stereocenters. The summed E-state index contributed by atoms with van der Waals surface area (Å²) in [5.74, 6) is 0.729. The zero-order valence-corrected chi connectivity index (χ0v) is 21.8. The number of hydrogen-bond acceptors (Lipinski definition) is 2. The van der Waals surface area contributed by atoms with Gasteiger partial charge < -0.3 is 10.6 Å². The minimum Gasteiger partial charge on any atom is -0.398 e. The molecule has 2 aliphatic rings. The van der Waals surface area contributed by atoms with Gasteiger partial charge in [-0.1, -0.05) is 97.1 Å². The first-order valence-electron chi connectivity index (χ1n) is 13.7. The van der Waals surface area contributed by atoms with Crippen molar-refractivity contribution in [3.8, 4) is 0 Å². The molecule has 1 aliphatic carbocycles. The van der Waals surface area contributed by atoms with E-state index in [9.17, 15) is 0 Å². The smallest absolute Gasteiger partial charge is 0.0409 e. The van der Waals surface area contributed by atoms with Crippen LogP contribution >= 0.6 is 0 Å². The maximum atomic E-state index is 6.19. The SMILES string of the molecule is C1=CCN(c2ccccc2)C=C1.Nc1cccc2c1ccc1c3c(ccc12)CCC(Cc1ccccc1)C3. The highest BCUT2D eigenvalue weighted by atomic mass is 15.1. The first-order chi connectivity index (χ1) is 18.8. The maximum Gasteiger partial charge on any atom is 0.0409 e. The van der Waals surface area contributed by atoms with Crippen LogP contribution < -0.4 is 10.6 Å². The van der Waals surface area contributed by atoms with Crippen molar-refractivity contribution in [1.82, 2.24) is 0 Å². The van der Waals surface area contributed by atoms with Gasteiger partial charge in [0.1, 0.15) is 0 Å². The molecule has 38 heavy (non-hydrogen) atoms. The van der Waals surface area contributed by atoms with Gasteiger partial charge in [0, 0.05) is 29.5 Å². The van der Waals surface area contributed by atoms with Crippen molar-refractivity contribution in [3.63, 3.8) is 0 Å². The lowest BCUT2D eigenvalue weighted by molar-refractivity contribution is 0.458. The highest BCUT2D eigenvalue weighted by Crippen LogP contribution is 2.37. The third-order valence-electron chi connectivity index (χ3n) is 7.89. The van der Waals surface area contributed by atoms with Gasteiger partial charge in [-0.25, -0.2) is 0 Å². The van der Waals surface area contributed by atoms with Crippen LogP contribution in [0.2, 0.25) is 0 Å². The topological polar surface area (TPSA) is 29.3 Å². The molecule has 0 bridgehead atoms. The van der Waals surface area contributed by atoms with Crippen LogP contribution in [0.4, 0.5) is 11.4 Å². The Labute approximate surface area is 225 Å². The molecule has 0 fully saturated rings. The van der Waals surface area contributed by atoms with Crippen molar-refractivity contribution >= 4 is 32.9 Å². The zero-order chi connectivity index (χ0) is 25.7. The molecule has 1 unspecified atom stereocenters. The molecule has 2 nitrogen and oxygen atoms in total. The molecule has 5 aromatic rings. The van der Waals surface area contributed by atoms with Crippen LogP contribution in [-0.4, -0.2) is 6.54 Å². The summed E-state index contributed by atoms with van der Waals surface area (Å²) < 4.78 is 0. The lowest BCUT2D eigenvalue weighted by Gasteiger charge is -2.26. The molecule has 0 spiro atoms. The summed E-state index contributed by atoms with van der Waals surface area (Å²) in [4.78, 5) is 2.21. The zero-order valence-electron chi connectivity index (χ0n) is 21.8. The fraction of sp³-hybridized carbons (Fsp3) is 0.167. The Bertz CT molecular complexity index is 1600. The molecule has 0 aromatic heterocycles. The number of anilines is 2. The Hall–Kier alpha value is -4.30. The highest BCUT2D eigenvalue weighted by molar-refractivity contribution is 6.12. The van der Waals surface area contributed by atoms with Gasteiger partial charge in [-0.2, -0.15) is 0 Å². The molecule has 2 N–H and O–H groups in total. The van der Waals surface area contributed by atoms with E-state index in [1.165, 1.54) is 58.7 Å². The summed E-state index contributed by atoms with van der Waals surface area (Å²) in [6, 6.07) is 36.7. The van der Waals surface area contributed by atoms with Gasteiger partial charge >= 0.3 is 0 Å². The second-order valence-electron chi connectivity index (χ2n) is 10.4. The minimum absolute atomic E-state index is 0.729. The van der Waals surface area contributed by atoms with Crippen molar-refractivity contribution in [1.29, 1.82) is 0 Å². The molecule has 5 aromatic carbocycles. The molecule has 0 saturated carbocycles. The monoisotopic (exact) mass is 494 g/mol. The van der Waals surface area contributed by atoms with Gasteiger partial charge in [0.2, 0.25) is 0 Å². The molecule has 1 aliphatic heterocycles. The molecular weight excluding hydrogens is 460 g/mol. The third-order valence-corrected chi connectivity index (χ3v) is 7.89. The Balaban J connectivity index is 0.000000184. The lowest BCUT2D eigenvalue weighted by Crippen LogP contribution is -2.16. The largest absolute Gasteiger partial charge is 0.398 e. The summed E-state index contributed by atoms with van der Waals surface area (Å²) in [6.07, 6.45) is 13.2. The van der Waals surface area contributed by atoms with Crippen LogP contribution in [0.1, 0.15) is 23.1 Å². The van der Waals surface area contributed by atoms with Crippen molar-refractivity contribution in [2.24, 2.45) is 5.92 Å². The van der Waals surface area contributed by atoms with E-state index in [0.29, 0.717) is 0 Å².